The van der Waals surface area contributed by atoms with Gasteiger partial charge >= 0.3 is 0 Å². The van der Waals surface area contributed by atoms with Crippen molar-refractivity contribution in [2.45, 2.75) is 6.54 Å². The number of hydrogen-bond donors (Lipinski definition) is 0. The van der Waals surface area contributed by atoms with E-state index in [2.05, 4.69) is 37.0 Å². The fraction of sp³-hybridized carbons (Fsp3) is 0.0909. The van der Waals surface area contributed by atoms with Crippen LogP contribution in [0, 0.1) is 17.1 Å². The molecule has 0 saturated carbocycles. The standard InChI is InChI=1S/C11H6Br2FN3/c12-10-4-11(13)17(16-10)6-8-1-7(5-15)2-9(14)3-8/h1-4H,6H2. The van der Waals surface area contributed by atoms with E-state index in [4.69, 9.17) is 5.26 Å². The fourth-order valence-corrected chi connectivity index (χ4v) is 2.59. The van der Waals surface area contributed by atoms with Crippen LogP contribution >= 0.6 is 31.9 Å². The first kappa shape index (κ1) is 12.3. The zero-order valence-corrected chi connectivity index (χ0v) is 11.7. The molecule has 0 fully saturated rings. The molecule has 86 valence electrons. The maximum absolute atomic E-state index is 13.2. The molecule has 0 unspecified atom stereocenters. The highest BCUT2D eigenvalue weighted by Gasteiger charge is 2.06. The number of benzene rings is 1. The Labute approximate surface area is 114 Å². The molecule has 2 rings (SSSR count). The predicted octanol–water partition coefficient (Wildman–Crippen LogP) is 3.47. The van der Waals surface area contributed by atoms with Crippen LogP contribution < -0.4 is 0 Å². The number of nitriles is 1. The number of halogens is 3. The summed E-state index contributed by atoms with van der Waals surface area (Å²) in [5.41, 5.74) is 1.00. The Bertz CT molecular complexity index is 601. The van der Waals surface area contributed by atoms with Crippen LogP contribution in [0.25, 0.3) is 0 Å². The topological polar surface area (TPSA) is 41.6 Å². The number of rotatable bonds is 2. The molecule has 1 aromatic heterocycles. The van der Waals surface area contributed by atoms with Gasteiger partial charge in [-0.25, -0.2) is 4.39 Å². The van der Waals surface area contributed by atoms with Crippen LogP contribution in [0.3, 0.4) is 0 Å². The number of aromatic nitrogens is 2. The second-order valence-electron chi connectivity index (χ2n) is 3.41. The van der Waals surface area contributed by atoms with E-state index in [1.807, 2.05) is 6.07 Å². The van der Waals surface area contributed by atoms with Gasteiger partial charge in [0.05, 0.1) is 18.2 Å². The molecule has 0 bridgehead atoms. The molecule has 0 N–H and O–H groups in total. The van der Waals surface area contributed by atoms with E-state index in [-0.39, 0.29) is 0 Å². The van der Waals surface area contributed by atoms with Gasteiger partial charge < -0.3 is 0 Å². The summed E-state index contributed by atoms with van der Waals surface area (Å²) in [6.07, 6.45) is 0. The molecule has 1 heterocycles. The van der Waals surface area contributed by atoms with Crippen molar-refractivity contribution in [2.24, 2.45) is 0 Å². The van der Waals surface area contributed by atoms with Gasteiger partial charge in [0.25, 0.3) is 0 Å². The van der Waals surface area contributed by atoms with Crippen molar-refractivity contribution in [1.29, 1.82) is 5.26 Å². The van der Waals surface area contributed by atoms with Gasteiger partial charge in [-0.2, -0.15) is 10.4 Å². The van der Waals surface area contributed by atoms with Gasteiger partial charge in [0.1, 0.15) is 15.0 Å². The second-order valence-corrected chi connectivity index (χ2v) is 5.03. The van der Waals surface area contributed by atoms with E-state index in [0.717, 1.165) is 4.60 Å². The van der Waals surface area contributed by atoms with Gasteiger partial charge in [0, 0.05) is 6.07 Å². The smallest absolute Gasteiger partial charge is 0.129 e. The number of nitrogens with zero attached hydrogens (tertiary/aromatic N) is 3. The van der Waals surface area contributed by atoms with Crippen LogP contribution in [0.5, 0.6) is 0 Å². The first-order chi connectivity index (χ1) is 8.08. The lowest BCUT2D eigenvalue weighted by Gasteiger charge is -2.04. The zero-order chi connectivity index (χ0) is 12.4. The van der Waals surface area contributed by atoms with Crippen molar-refractivity contribution in [1.82, 2.24) is 9.78 Å². The predicted molar refractivity (Wildman–Crippen MR) is 67.8 cm³/mol. The normalized spacial score (nSPS) is 10.2. The molecule has 17 heavy (non-hydrogen) atoms. The summed E-state index contributed by atoms with van der Waals surface area (Å²) in [4.78, 5) is 0. The van der Waals surface area contributed by atoms with Gasteiger partial charge in [-0.3, -0.25) is 4.68 Å². The molecule has 0 radical (unpaired) electrons. The van der Waals surface area contributed by atoms with E-state index in [0.29, 0.717) is 22.3 Å². The van der Waals surface area contributed by atoms with Gasteiger partial charge in [0.2, 0.25) is 0 Å². The Kier molecular flexibility index (Phi) is 3.60. The lowest BCUT2D eigenvalue weighted by Crippen LogP contribution is -2.02. The van der Waals surface area contributed by atoms with E-state index >= 15 is 0 Å². The molecule has 0 aliphatic carbocycles. The third-order valence-corrected chi connectivity index (χ3v) is 3.15. The summed E-state index contributed by atoms with van der Waals surface area (Å²) in [5, 5.41) is 12.9. The van der Waals surface area contributed by atoms with E-state index in [9.17, 15) is 4.39 Å². The highest BCUT2D eigenvalue weighted by Crippen LogP contribution is 2.18. The van der Waals surface area contributed by atoms with E-state index in [1.165, 1.54) is 12.1 Å². The average molecular weight is 359 g/mol. The minimum absolute atomic E-state index is 0.308. The molecule has 0 aliphatic heterocycles. The molecule has 0 aliphatic rings. The average Bonchev–Trinajstić information content (AvgIpc) is 2.56. The SMILES string of the molecule is N#Cc1cc(F)cc(Cn2nc(Br)cc2Br)c1. The second kappa shape index (κ2) is 4.98. The summed E-state index contributed by atoms with van der Waals surface area (Å²) < 4.78 is 16.4. The first-order valence-corrected chi connectivity index (χ1v) is 6.25. The molecule has 6 heteroatoms. The van der Waals surface area contributed by atoms with E-state index in [1.54, 1.807) is 16.8 Å². The Morgan fingerprint density at radius 2 is 2.06 bits per heavy atom. The van der Waals surface area contributed by atoms with Gasteiger partial charge in [-0.1, -0.05) is 0 Å². The van der Waals surface area contributed by atoms with Crippen LogP contribution in [0.15, 0.2) is 33.5 Å². The highest BCUT2D eigenvalue weighted by atomic mass is 79.9. The minimum atomic E-state index is -0.415. The summed E-state index contributed by atoms with van der Waals surface area (Å²) in [5.74, 6) is -0.415. The molecule has 3 nitrogen and oxygen atoms in total. The first-order valence-electron chi connectivity index (χ1n) is 4.67. The molecule has 1 aromatic carbocycles. The molecule has 0 spiro atoms. The third-order valence-electron chi connectivity index (χ3n) is 2.12. The van der Waals surface area contributed by atoms with Crippen molar-refractivity contribution in [2.75, 3.05) is 0 Å². The quantitative estimate of drug-likeness (QED) is 0.824. The van der Waals surface area contributed by atoms with Crippen LogP contribution in [-0.4, -0.2) is 9.78 Å². The molecular weight excluding hydrogens is 353 g/mol. The van der Waals surface area contributed by atoms with Crippen molar-refractivity contribution in [3.05, 3.63) is 50.4 Å². The highest BCUT2D eigenvalue weighted by molar-refractivity contribution is 9.11. The Morgan fingerprint density at radius 1 is 1.29 bits per heavy atom. The van der Waals surface area contributed by atoms with Crippen LogP contribution in [0.4, 0.5) is 4.39 Å². The maximum atomic E-state index is 13.2. The monoisotopic (exact) mass is 357 g/mol. The fourth-order valence-electron chi connectivity index (χ4n) is 1.45. The van der Waals surface area contributed by atoms with Gasteiger partial charge in [0.15, 0.2) is 0 Å². The van der Waals surface area contributed by atoms with Gasteiger partial charge in [-0.05, 0) is 55.6 Å². The van der Waals surface area contributed by atoms with Crippen LogP contribution in [0.2, 0.25) is 0 Å². The molecular formula is C11H6Br2FN3. The maximum Gasteiger partial charge on any atom is 0.129 e. The minimum Gasteiger partial charge on any atom is -0.253 e. The molecule has 0 amide bonds. The summed E-state index contributed by atoms with van der Waals surface area (Å²) in [6, 6.07) is 7.96. The van der Waals surface area contributed by atoms with E-state index < -0.39 is 5.82 Å². The Hall–Kier alpha value is -1.19. The van der Waals surface area contributed by atoms with Crippen molar-refractivity contribution >= 4 is 31.9 Å². The number of hydrogen-bond acceptors (Lipinski definition) is 2. The molecule has 0 saturated heterocycles. The third kappa shape index (κ3) is 2.93. The van der Waals surface area contributed by atoms with Crippen LogP contribution in [-0.2, 0) is 6.54 Å². The summed E-state index contributed by atoms with van der Waals surface area (Å²) in [7, 11) is 0. The zero-order valence-electron chi connectivity index (χ0n) is 8.49. The van der Waals surface area contributed by atoms with Crippen LogP contribution in [0.1, 0.15) is 11.1 Å². The van der Waals surface area contributed by atoms with Crippen molar-refractivity contribution in [3.63, 3.8) is 0 Å². The Morgan fingerprint density at radius 3 is 2.65 bits per heavy atom. The van der Waals surface area contributed by atoms with Gasteiger partial charge in [-0.15, -0.1) is 0 Å². The lowest BCUT2D eigenvalue weighted by molar-refractivity contribution is 0.616. The largest absolute Gasteiger partial charge is 0.253 e. The summed E-state index contributed by atoms with van der Waals surface area (Å²) in [6.45, 7) is 0.401. The van der Waals surface area contributed by atoms with Crippen molar-refractivity contribution < 1.29 is 4.39 Å². The molecule has 2 aromatic rings. The Balaban J connectivity index is 2.33. The van der Waals surface area contributed by atoms with Crippen molar-refractivity contribution in [3.8, 4) is 6.07 Å². The summed E-state index contributed by atoms with van der Waals surface area (Å²) >= 11 is 6.59. The lowest BCUT2D eigenvalue weighted by atomic mass is 10.1. The molecule has 0 atom stereocenters.